The number of rotatable bonds is 4. The van der Waals surface area contributed by atoms with Gasteiger partial charge in [0.1, 0.15) is 0 Å². The van der Waals surface area contributed by atoms with Gasteiger partial charge in [0.15, 0.2) is 0 Å². The van der Waals surface area contributed by atoms with E-state index in [1.165, 1.54) is 30.4 Å². The molecule has 4 heteroatoms. The Labute approximate surface area is 138 Å². The average molecular weight is 366 g/mol. The summed E-state index contributed by atoms with van der Waals surface area (Å²) in [5.41, 5.74) is 6.75. The van der Waals surface area contributed by atoms with Gasteiger partial charge in [-0.2, -0.15) is 0 Å². The maximum absolute atomic E-state index is 6.09. The van der Waals surface area contributed by atoms with Crippen molar-refractivity contribution in [2.24, 2.45) is 5.84 Å². The van der Waals surface area contributed by atoms with E-state index >= 15 is 0 Å². The monoisotopic (exact) mass is 364 g/mol. The lowest BCUT2D eigenvalue weighted by molar-refractivity contribution is 0.414. The first-order valence-electron chi connectivity index (χ1n) is 7.20. The van der Waals surface area contributed by atoms with Crippen LogP contribution in [-0.4, -0.2) is 0 Å². The Morgan fingerprint density at radius 2 is 1.95 bits per heavy atom. The molecule has 0 heterocycles. The highest BCUT2D eigenvalue weighted by Gasteiger charge is 2.25. The highest BCUT2D eigenvalue weighted by atomic mass is 79.9. The molecule has 1 unspecified atom stereocenters. The van der Waals surface area contributed by atoms with Crippen LogP contribution < -0.4 is 11.3 Å². The quantitative estimate of drug-likeness (QED) is 0.596. The molecule has 2 aromatic rings. The number of hydrogen-bond acceptors (Lipinski definition) is 2. The van der Waals surface area contributed by atoms with Crippen molar-refractivity contribution in [2.75, 3.05) is 0 Å². The van der Waals surface area contributed by atoms with Crippen molar-refractivity contribution in [3.05, 3.63) is 68.7 Å². The van der Waals surface area contributed by atoms with E-state index in [1.807, 2.05) is 18.2 Å². The van der Waals surface area contributed by atoms with Crippen LogP contribution in [0.1, 0.15) is 47.9 Å². The van der Waals surface area contributed by atoms with Gasteiger partial charge in [-0.1, -0.05) is 48.4 Å². The molecule has 1 atom stereocenters. The standard InChI is InChI=1S/C17H18BrClN2/c18-15-10-12(8-9-16(15)19)17(21-20)14-7-2-1-6-13(14)11-4-3-5-11/h1-2,6-11,17,21H,3-5,20H2. The van der Waals surface area contributed by atoms with E-state index < -0.39 is 0 Å². The van der Waals surface area contributed by atoms with Crippen molar-refractivity contribution in [2.45, 2.75) is 31.2 Å². The van der Waals surface area contributed by atoms with Crippen molar-refractivity contribution >= 4 is 27.5 Å². The van der Waals surface area contributed by atoms with Gasteiger partial charge >= 0.3 is 0 Å². The normalized spacial score (nSPS) is 16.5. The molecule has 3 rings (SSSR count). The van der Waals surface area contributed by atoms with Crippen LogP contribution in [0.3, 0.4) is 0 Å². The smallest absolute Gasteiger partial charge is 0.0713 e. The summed E-state index contributed by atoms with van der Waals surface area (Å²) in [6, 6.07) is 14.5. The molecule has 2 nitrogen and oxygen atoms in total. The van der Waals surface area contributed by atoms with Gasteiger partial charge in [-0.05, 0) is 63.5 Å². The molecule has 21 heavy (non-hydrogen) atoms. The highest BCUT2D eigenvalue weighted by molar-refractivity contribution is 9.10. The first-order chi connectivity index (χ1) is 10.2. The molecule has 1 fully saturated rings. The van der Waals surface area contributed by atoms with Crippen LogP contribution >= 0.6 is 27.5 Å². The molecule has 110 valence electrons. The third kappa shape index (κ3) is 3.02. The second-order valence-electron chi connectivity index (χ2n) is 5.53. The van der Waals surface area contributed by atoms with E-state index in [1.54, 1.807) is 0 Å². The van der Waals surface area contributed by atoms with Gasteiger partial charge < -0.3 is 0 Å². The molecule has 0 amide bonds. The van der Waals surface area contributed by atoms with Crippen LogP contribution in [0.5, 0.6) is 0 Å². The number of benzene rings is 2. The Morgan fingerprint density at radius 3 is 2.57 bits per heavy atom. The minimum Gasteiger partial charge on any atom is -0.271 e. The number of nitrogens with one attached hydrogen (secondary N) is 1. The summed E-state index contributed by atoms with van der Waals surface area (Å²) >= 11 is 9.58. The molecule has 1 saturated carbocycles. The Balaban J connectivity index is 2.01. The molecule has 0 aromatic heterocycles. The van der Waals surface area contributed by atoms with E-state index in [4.69, 9.17) is 17.4 Å². The van der Waals surface area contributed by atoms with Crippen LogP contribution in [0.25, 0.3) is 0 Å². The molecule has 1 aliphatic carbocycles. The third-order valence-corrected chi connectivity index (χ3v) is 5.51. The molecule has 0 saturated heterocycles. The highest BCUT2D eigenvalue weighted by Crippen LogP contribution is 2.40. The Kier molecular flexibility index (Phi) is 4.65. The van der Waals surface area contributed by atoms with E-state index in [9.17, 15) is 0 Å². The minimum atomic E-state index is -0.0182. The SMILES string of the molecule is NNC(c1ccc(Cl)c(Br)c1)c1ccccc1C1CCC1. The predicted molar refractivity (Wildman–Crippen MR) is 91.4 cm³/mol. The predicted octanol–water partition coefficient (Wildman–Crippen LogP) is 4.92. The molecular formula is C17H18BrClN2. The fourth-order valence-corrected chi connectivity index (χ4v) is 3.44. The Morgan fingerprint density at radius 1 is 1.19 bits per heavy atom. The lowest BCUT2D eigenvalue weighted by Crippen LogP contribution is -2.30. The second kappa shape index (κ2) is 6.49. The Hall–Kier alpha value is -0.870. The van der Waals surface area contributed by atoms with Gasteiger partial charge in [-0.3, -0.25) is 5.84 Å². The van der Waals surface area contributed by atoms with Crippen LogP contribution in [-0.2, 0) is 0 Å². The minimum absolute atomic E-state index is 0.0182. The van der Waals surface area contributed by atoms with E-state index in [2.05, 4.69) is 45.6 Å². The van der Waals surface area contributed by atoms with Gasteiger partial charge in [0, 0.05) is 4.47 Å². The lowest BCUT2D eigenvalue weighted by Gasteiger charge is -2.30. The molecule has 0 aliphatic heterocycles. The van der Waals surface area contributed by atoms with Crippen molar-refractivity contribution < 1.29 is 0 Å². The van der Waals surface area contributed by atoms with Gasteiger partial charge in [0.25, 0.3) is 0 Å². The summed E-state index contributed by atoms with van der Waals surface area (Å²) in [7, 11) is 0. The summed E-state index contributed by atoms with van der Waals surface area (Å²) in [6.45, 7) is 0. The number of hydrazine groups is 1. The van der Waals surface area contributed by atoms with Crippen LogP contribution in [0.15, 0.2) is 46.9 Å². The summed E-state index contributed by atoms with van der Waals surface area (Å²) in [6.07, 6.45) is 3.88. The molecule has 1 aliphatic rings. The summed E-state index contributed by atoms with van der Waals surface area (Å²) in [4.78, 5) is 0. The summed E-state index contributed by atoms with van der Waals surface area (Å²) in [5.74, 6) is 6.53. The molecular weight excluding hydrogens is 348 g/mol. The number of halogens is 2. The maximum atomic E-state index is 6.09. The maximum Gasteiger partial charge on any atom is 0.0713 e. The topological polar surface area (TPSA) is 38.0 Å². The zero-order valence-corrected chi connectivity index (χ0v) is 14.0. The fraction of sp³-hybridized carbons (Fsp3) is 0.294. The zero-order valence-electron chi connectivity index (χ0n) is 11.7. The van der Waals surface area contributed by atoms with Gasteiger partial charge in [0.2, 0.25) is 0 Å². The lowest BCUT2D eigenvalue weighted by atomic mass is 9.76. The fourth-order valence-electron chi connectivity index (χ4n) is 2.92. The van der Waals surface area contributed by atoms with E-state index in [0.29, 0.717) is 10.9 Å². The van der Waals surface area contributed by atoms with Gasteiger partial charge in [0.05, 0.1) is 11.1 Å². The molecule has 0 spiro atoms. The largest absolute Gasteiger partial charge is 0.271 e. The van der Waals surface area contributed by atoms with Gasteiger partial charge in [-0.15, -0.1) is 0 Å². The summed E-state index contributed by atoms with van der Waals surface area (Å²) in [5, 5.41) is 0.710. The molecule has 0 bridgehead atoms. The van der Waals surface area contributed by atoms with Crippen molar-refractivity contribution in [1.29, 1.82) is 0 Å². The van der Waals surface area contributed by atoms with E-state index in [-0.39, 0.29) is 6.04 Å². The van der Waals surface area contributed by atoms with Gasteiger partial charge in [-0.25, -0.2) is 5.43 Å². The first kappa shape index (κ1) is 15.0. The van der Waals surface area contributed by atoms with Crippen molar-refractivity contribution in [3.63, 3.8) is 0 Å². The average Bonchev–Trinajstić information content (AvgIpc) is 2.43. The third-order valence-electron chi connectivity index (χ3n) is 4.30. The van der Waals surface area contributed by atoms with Crippen LogP contribution in [0.2, 0.25) is 5.02 Å². The Bertz CT molecular complexity index is 640. The van der Waals surface area contributed by atoms with Crippen molar-refractivity contribution in [3.8, 4) is 0 Å². The van der Waals surface area contributed by atoms with E-state index in [0.717, 1.165) is 10.0 Å². The number of nitrogens with two attached hydrogens (primary N) is 1. The zero-order chi connectivity index (χ0) is 14.8. The van der Waals surface area contributed by atoms with Crippen molar-refractivity contribution in [1.82, 2.24) is 5.43 Å². The summed E-state index contributed by atoms with van der Waals surface area (Å²) < 4.78 is 0.892. The van der Waals surface area contributed by atoms with Crippen LogP contribution in [0.4, 0.5) is 0 Å². The molecule has 2 aromatic carbocycles. The second-order valence-corrected chi connectivity index (χ2v) is 6.79. The molecule has 0 radical (unpaired) electrons. The first-order valence-corrected chi connectivity index (χ1v) is 8.37. The molecule has 3 N–H and O–H groups in total. The van der Waals surface area contributed by atoms with Crippen LogP contribution in [0, 0.1) is 0 Å². The number of hydrogen-bond donors (Lipinski definition) is 2.